The minimum absolute atomic E-state index is 0.348. The first-order valence-corrected chi connectivity index (χ1v) is 8.38. The molecule has 118 valence electrons. The number of likely N-dealkylation sites (tertiary alicyclic amines) is 1. The number of nitrogens with one attached hydrogen (secondary N) is 1. The van der Waals surface area contributed by atoms with Crippen LogP contribution in [0.2, 0.25) is 0 Å². The molecule has 1 unspecified atom stereocenters. The molecule has 1 aromatic carbocycles. The Morgan fingerprint density at radius 3 is 2.67 bits per heavy atom. The van der Waals surface area contributed by atoms with E-state index in [4.69, 9.17) is 0 Å². The van der Waals surface area contributed by atoms with Gasteiger partial charge in [-0.2, -0.15) is 0 Å². The number of aliphatic hydroxyl groups is 1. The standard InChI is InChI=1S/C18H30N2O/c1-3-15(2)12-19-18-7-5-4-6-17(18)13-20-10-8-16(14-21)9-11-20/h4-7,15-16,19,21H,3,8-14H2,1-2H3. The van der Waals surface area contributed by atoms with Crippen molar-refractivity contribution in [3.05, 3.63) is 29.8 Å². The quantitative estimate of drug-likeness (QED) is 0.808. The summed E-state index contributed by atoms with van der Waals surface area (Å²) in [4.78, 5) is 2.51. The first-order valence-electron chi connectivity index (χ1n) is 8.38. The van der Waals surface area contributed by atoms with Crippen molar-refractivity contribution >= 4 is 5.69 Å². The predicted octanol–water partition coefficient (Wildman–Crippen LogP) is 3.35. The molecule has 1 aliphatic heterocycles. The van der Waals surface area contributed by atoms with Crippen LogP contribution in [-0.4, -0.2) is 36.2 Å². The van der Waals surface area contributed by atoms with Gasteiger partial charge in [-0.3, -0.25) is 4.90 Å². The summed E-state index contributed by atoms with van der Waals surface area (Å²) < 4.78 is 0. The smallest absolute Gasteiger partial charge is 0.0460 e. The maximum atomic E-state index is 9.23. The molecule has 0 amide bonds. The molecular weight excluding hydrogens is 260 g/mol. The Balaban J connectivity index is 1.90. The summed E-state index contributed by atoms with van der Waals surface area (Å²) in [5, 5.41) is 12.8. The molecule has 2 rings (SSSR count). The molecule has 0 bridgehead atoms. The fraction of sp³-hybridized carbons (Fsp3) is 0.667. The van der Waals surface area contributed by atoms with Crippen LogP contribution in [0.25, 0.3) is 0 Å². The van der Waals surface area contributed by atoms with E-state index in [0.717, 1.165) is 39.0 Å². The van der Waals surface area contributed by atoms with Crippen molar-refractivity contribution in [3.63, 3.8) is 0 Å². The molecule has 1 fully saturated rings. The number of benzene rings is 1. The zero-order valence-electron chi connectivity index (χ0n) is 13.5. The van der Waals surface area contributed by atoms with Crippen LogP contribution >= 0.6 is 0 Å². The molecule has 0 saturated carbocycles. The zero-order chi connectivity index (χ0) is 15.1. The van der Waals surface area contributed by atoms with Crippen molar-refractivity contribution in [2.24, 2.45) is 11.8 Å². The average Bonchev–Trinajstić information content (AvgIpc) is 2.54. The topological polar surface area (TPSA) is 35.5 Å². The second-order valence-corrected chi connectivity index (χ2v) is 6.45. The first kappa shape index (κ1) is 16.3. The maximum Gasteiger partial charge on any atom is 0.0460 e. The van der Waals surface area contributed by atoms with Crippen LogP contribution < -0.4 is 5.32 Å². The second kappa shape index (κ2) is 8.40. The maximum absolute atomic E-state index is 9.23. The van der Waals surface area contributed by atoms with E-state index < -0.39 is 0 Å². The molecule has 0 spiro atoms. The van der Waals surface area contributed by atoms with Crippen LogP contribution in [0.5, 0.6) is 0 Å². The molecule has 3 nitrogen and oxygen atoms in total. The van der Waals surface area contributed by atoms with Gasteiger partial charge in [-0.25, -0.2) is 0 Å². The van der Waals surface area contributed by atoms with Crippen molar-refractivity contribution < 1.29 is 5.11 Å². The van der Waals surface area contributed by atoms with Gasteiger partial charge in [0.25, 0.3) is 0 Å². The van der Waals surface area contributed by atoms with Gasteiger partial charge in [0, 0.05) is 25.4 Å². The molecule has 21 heavy (non-hydrogen) atoms. The average molecular weight is 290 g/mol. The molecule has 0 radical (unpaired) electrons. The fourth-order valence-corrected chi connectivity index (χ4v) is 2.83. The number of piperidine rings is 1. The van der Waals surface area contributed by atoms with Gasteiger partial charge in [-0.15, -0.1) is 0 Å². The van der Waals surface area contributed by atoms with E-state index in [2.05, 4.69) is 48.3 Å². The number of hydrogen-bond acceptors (Lipinski definition) is 3. The summed E-state index contributed by atoms with van der Waals surface area (Å²) in [6.07, 6.45) is 3.46. The Morgan fingerprint density at radius 2 is 2.00 bits per heavy atom. The molecule has 1 aliphatic rings. The number of rotatable bonds is 7. The molecule has 1 heterocycles. The molecule has 1 atom stereocenters. The number of nitrogens with zero attached hydrogens (tertiary/aromatic N) is 1. The molecule has 0 aromatic heterocycles. The second-order valence-electron chi connectivity index (χ2n) is 6.45. The highest BCUT2D eigenvalue weighted by atomic mass is 16.3. The summed E-state index contributed by atoms with van der Waals surface area (Å²) in [5.74, 6) is 1.22. The van der Waals surface area contributed by atoms with Crippen LogP contribution in [0.3, 0.4) is 0 Å². The van der Waals surface area contributed by atoms with Gasteiger partial charge in [-0.1, -0.05) is 38.5 Å². The van der Waals surface area contributed by atoms with Crippen molar-refractivity contribution in [2.45, 2.75) is 39.7 Å². The van der Waals surface area contributed by atoms with Crippen LogP contribution in [0.1, 0.15) is 38.7 Å². The number of hydrogen-bond donors (Lipinski definition) is 2. The summed E-state index contributed by atoms with van der Waals surface area (Å²) in [7, 11) is 0. The largest absolute Gasteiger partial charge is 0.396 e. The third-order valence-corrected chi connectivity index (χ3v) is 4.71. The first-order chi connectivity index (χ1) is 10.2. The van der Waals surface area contributed by atoms with Crippen molar-refractivity contribution in [1.82, 2.24) is 4.90 Å². The molecular formula is C18H30N2O. The van der Waals surface area contributed by atoms with Gasteiger partial charge in [0.2, 0.25) is 0 Å². The van der Waals surface area contributed by atoms with Crippen molar-refractivity contribution in [3.8, 4) is 0 Å². The summed E-state index contributed by atoms with van der Waals surface area (Å²) in [6, 6.07) is 8.67. The molecule has 3 heteroatoms. The van der Waals surface area contributed by atoms with E-state index in [0.29, 0.717) is 18.4 Å². The Kier molecular flexibility index (Phi) is 6.52. The van der Waals surface area contributed by atoms with Gasteiger partial charge in [-0.05, 0) is 49.4 Å². The Morgan fingerprint density at radius 1 is 1.29 bits per heavy atom. The van der Waals surface area contributed by atoms with Crippen LogP contribution in [0.15, 0.2) is 24.3 Å². The number of para-hydroxylation sites is 1. The monoisotopic (exact) mass is 290 g/mol. The lowest BCUT2D eigenvalue weighted by Gasteiger charge is -2.31. The Hall–Kier alpha value is -1.06. The molecule has 1 saturated heterocycles. The zero-order valence-corrected chi connectivity index (χ0v) is 13.5. The highest BCUT2D eigenvalue weighted by Gasteiger charge is 2.19. The molecule has 0 aliphatic carbocycles. The van der Waals surface area contributed by atoms with Crippen molar-refractivity contribution in [1.29, 1.82) is 0 Å². The van der Waals surface area contributed by atoms with Crippen molar-refractivity contribution in [2.75, 3.05) is 31.6 Å². The van der Waals surface area contributed by atoms with Gasteiger partial charge in [0.15, 0.2) is 0 Å². The van der Waals surface area contributed by atoms with E-state index in [1.165, 1.54) is 17.7 Å². The summed E-state index contributed by atoms with van der Waals surface area (Å²) in [6.45, 7) is 9.14. The predicted molar refractivity (Wildman–Crippen MR) is 89.5 cm³/mol. The van der Waals surface area contributed by atoms with Gasteiger partial charge >= 0.3 is 0 Å². The van der Waals surface area contributed by atoms with E-state index in [-0.39, 0.29) is 0 Å². The highest BCUT2D eigenvalue weighted by molar-refractivity contribution is 5.51. The lowest BCUT2D eigenvalue weighted by atomic mass is 9.97. The summed E-state index contributed by atoms with van der Waals surface area (Å²) in [5.41, 5.74) is 2.67. The van der Waals surface area contributed by atoms with E-state index in [1.54, 1.807) is 0 Å². The van der Waals surface area contributed by atoms with Crippen LogP contribution in [0.4, 0.5) is 5.69 Å². The highest BCUT2D eigenvalue weighted by Crippen LogP contribution is 2.22. The molecule has 1 aromatic rings. The van der Waals surface area contributed by atoms with Crippen LogP contribution in [-0.2, 0) is 6.54 Å². The fourth-order valence-electron chi connectivity index (χ4n) is 2.83. The van der Waals surface area contributed by atoms with Gasteiger partial charge < -0.3 is 10.4 Å². The third kappa shape index (κ3) is 5.01. The summed E-state index contributed by atoms with van der Waals surface area (Å²) >= 11 is 0. The molecule has 2 N–H and O–H groups in total. The lowest BCUT2D eigenvalue weighted by Crippen LogP contribution is -2.34. The minimum Gasteiger partial charge on any atom is -0.396 e. The van der Waals surface area contributed by atoms with E-state index in [9.17, 15) is 5.11 Å². The Bertz CT molecular complexity index is 413. The van der Waals surface area contributed by atoms with Gasteiger partial charge in [0.1, 0.15) is 0 Å². The minimum atomic E-state index is 0.348. The van der Waals surface area contributed by atoms with Gasteiger partial charge in [0.05, 0.1) is 0 Å². The van der Waals surface area contributed by atoms with E-state index in [1.807, 2.05) is 0 Å². The van der Waals surface area contributed by atoms with E-state index >= 15 is 0 Å². The Labute approximate surface area is 129 Å². The number of aliphatic hydroxyl groups excluding tert-OH is 1. The normalized spacial score (nSPS) is 18.6. The third-order valence-electron chi connectivity index (χ3n) is 4.71. The SMILES string of the molecule is CCC(C)CNc1ccccc1CN1CCC(CO)CC1. The number of anilines is 1. The van der Waals surface area contributed by atoms with Crippen LogP contribution in [0, 0.1) is 11.8 Å². The lowest BCUT2D eigenvalue weighted by molar-refractivity contribution is 0.127.